The van der Waals surface area contributed by atoms with Gasteiger partial charge in [-0.1, -0.05) is 12.1 Å². The van der Waals surface area contributed by atoms with Crippen molar-refractivity contribution in [2.75, 3.05) is 26.8 Å². The molecule has 3 rings (SSSR count). The maximum Gasteiger partial charge on any atom is 0.241 e. The number of nitrogens with zero attached hydrogens (tertiary/aromatic N) is 3. The number of hydrogen-bond donors (Lipinski definition) is 0. The van der Waals surface area contributed by atoms with Crippen molar-refractivity contribution in [3.05, 3.63) is 30.2 Å². The van der Waals surface area contributed by atoms with Gasteiger partial charge in [-0.3, -0.25) is 4.90 Å². The van der Waals surface area contributed by atoms with Crippen LogP contribution in [0.2, 0.25) is 0 Å². The summed E-state index contributed by atoms with van der Waals surface area (Å²) in [6, 6.07) is 7.66. The van der Waals surface area contributed by atoms with Gasteiger partial charge in [-0.2, -0.15) is 4.98 Å². The second kappa shape index (κ2) is 8.26. The fourth-order valence-electron chi connectivity index (χ4n) is 2.95. The minimum atomic E-state index is 0.322. The molecule has 6 heteroatoms. The largest absolute Gasteiger partial charge is 0.497 e. The predicted octanol–water partition coefficient (Wildman–Crippen LogP) is 3.14. The van der Waals surface area contributed by atoms with Crippen LogP contribution in [0.1, 0.15) is 32.1 Å². The van der Waals surface area contributed by atoms with E-state index in [1.54, 1.807) is 7.11 Å². The first kappa shape index (κ1) is 16.9. The lowest BCUT2D eigenvalue weighted by molar-refractivity contribution is -0.00455. The zero-order valence-corrected chi connectivity index (χ0v) is 14.4. The molecule has 1 aromatic carbocycles. The number of benzene rings is 1. The van der Waals surface area contributed by atoms with E-state index in [1.807, 2.05) is 24.3 Å². The number of piperidine rings is 1. The van der Waals surface area contributed by atoms with E-state index in [0.29, 0.717) is 24.4 Å². The highest BCUT2D eigenvalue weighted by atomic mass is 16.5. The Morgan fingerprint density at radius 2 is 2.12 bits per heavy atom. The first-order chi connectivity index (χ1) is 11.8. The SMILES string of the molecule is CCCOC1CCCN(Cc2nc(-c3ccc(OC)cc3)no2)C1. The van der Waals surface area contributed by atoms with Crippen molar-refractivity contribution < 1.29 is 14.0 Å². The van der Waals surface area contributed by atoms with Gasteiger partial charge >= 0.3 is 0 Å². The van der Waals surface area contributed by atoms with Crippen LogP contribution in [0.5, 0.6) is 5.75 Å². The summed E-state index contributed by atoms with van der Waals surface area (Å²) in [7, 11) is 1.65. The van der Waals surface area contributed by atoms with Crippen LogP contribution in [0.3, 0.4) is 0 Å². The summed E-state index contributed by atoms with van der Waals surface area (Å²) in [5.74, 6) is 2.08. The molecule has 2 aromatic rings. The highest BCUT2D eigenvalue weighted by Crippen LogP contribution is 2.21. The Bertz CT molecular complexity index is 627. The van der Waals surface area contributed by atoms with Crippen molar-refractivity contribution in [3.63, 3.8) is 0 Å². The zero-order valence-electron chi connectivity index (χ0n) is 14.4. The van der Waals surface area contributed by atoms with Gasteiger partial charge in [0.2, 0.25) is 11.7 Å². The molecule has 0 spiro atoms. The van der Waals surface area contributed by atoms with Gasteiger partial charge < -0.3 is 14.0 Å². The molecule has 2 heterocycles. The molecule has 6 nitrogen and oxygen atoms in total. The fourth-order valence-corrected chi connectivity index (χ4v) is 2.95. The summed E-state index contributed by atoms with van der Waals surface area (Å²) < 4.78 is 16.5. The highest BCUT2D eigenvalue weighted by Gasteiger charge is 2.22. The fraction of sp³-hybridized carbons (Fsp3) is 0.556. The van der Waals surface area contributed by atoms with Gasteiger partial charge in [-0.25, -0.2) is 0 Å². The minimum absolute atomic E-state index is 0.322. The Morgan fingerprint density at radius 1 is 1.29 bits per heavy atom. The maximum atomic E-state index is 5.88. The molecule has 0 radical (unpaired) electrons. The van der Waals surface area contributed by atoms with Gasteiger partial charge in [-0.15, -0.1) is 0 Å². The van der Waals surface area contributed by atoms with E-state index in [0.717, 1.165) is 50.3 Å². The molecule has 0 saturated carbocycles. The molecular weight excluding hydrogens is 306 g/mol. The topological polar surface area (TPSA) is 60.6 Å². The first-order valence-electron chi connectivity index (χ1n) is 8.59. The van der Waals surface area contributed by atoms with Crippen LogP contribution >= 0.6 is 0 Å². The Labute approximate surface area is 142 Å². The molecule has 0 N–H and O–H groups in total. The third-order valence-electron chi connectivity index (χ3n) is 4.20. The quantitative estimate of drug-likeness (QED) is 0.777. The molecule has 1 aromatic heterocycles. The lowest BCUT2D eigenvalue weighted by Crippen LogP contribution is -2.39. The van der Waals surface area contributed by atoms with Crippen LogP contribution in [0.4, 0.5) is 0 Å². The lowest BCUT2D eigenvalue weighted by Gasteiger charge is -2.31. The van der Waals surface area contributed by atoms with Crippen LogP contribution in [0.25, 0.3) is 11.4 Å². The van der Waals surface area contributed by atoms with Crippen LogP contribution in [-0.4, -0.2) is 48.0 Å². The summed E-state index contributed by atoms with van der Waals surface area (Å²) in [4.78, 5) is 6.84. The summed E-state index contributed by atoms with van der Waals surface area (Å²) in [6.07, 6.45) is 3.67. The van der Waals surface area contributed by atoms with Gasteiger partial charge in [-0.05, 0) is 50.1 Å². The van der Waals surface area contributed by atoms with Gasteiger partial charge in [0.25, 0.3) is 0 Å². The molecule has 130 valence electrons. The van der Waals surface area contributed by atoms with E-state index in [-0.39, 0.29) is 0 Å². The summed E-state index contributed by atoms with van der Waals surface area (Å²) in [6.45, 7) is 5.63. The van der Waals surface area contributed by atoms with Gasteiger partial charge in [0.05, 0.1) is 19.8 Å². The van der Waals surface area contributed by atoms with Gasteiger partial charge in [0, 0.05) is 18.7 Å². The Hall–Kier alpha value is -1.92. The van der Waals surface area contributed by atoms with E-state index in [2.05, 4.69) is 22.0 Å². The zero-order chi connectivity index (χ0) is 16.8. The van der Waals surface area contributed by atoms with Crippen LogP contribution in [0, 0.1) is 0 Å². The van der Waals surface area contributed by atoms with Gasteiger partial charge in [0.15, 0.2) is 0 Å². The molecular formula is C18H25N3O3. The lowest BCUT2D eigenvalue weighted by atomic mass is 10.1. The van der Waals surface area contributed by atoms with Crippen LogP contribution in [0.15, 0.2) is 28.8 Å². The van der Waals surface area contributed by atoms with E-state index in [1.165, 1.54) is 0 Å². The Balaban J connectivity index is 1.59. The van der Waals surface area contributed by atoms with Crippen molar-refractivity contribution in [3.8, 4) is 17.1 Å². The van der Waals surface area contributed by atoms with E-state index in [4.69, 9.17) is 14.0 Å². The molecule has 0 aliphatic carbocycles. The molecule has 1 saturated heterocycles. The molecule has 1 aliphatic heterocycles. The standard InChI is InChI=1S/C18H25N3O3/c1-3-11-23-16-5-4-10-21(12-16)13-17-19-18(20-24-17)14-6-8-15(22-2)9-7-14/h6-9,16H,3-5,10-13H2,1-2H3. The third-order valence-corrected chi connectivity index (χ3v) is 4.20. The van der Waals surface area contributed by atoms with Gasteiger partial charge in [0.1, 0.15) is 5.75 Å². The molecule has 1 atom stereocenters. The summed E-state index contributed by atoms with van der Waals surface area (Å²) in [5, 5.41) is 4.09. The van der Waals surface area contributed by atoms with Crippen molar-refractivity contribution in [1.82, 2.24) is 15.0 Å². The number of likely N-dealkylation sites (tertiary alicyclic amines) is 1. The molecule has 1 fully saturated rings. The Kier molecular flexibility index (Phi) is 5.82. The van der Waals surface area contributed by atoms with Crippen molar-refractivity contribution >= 4 is 0 Å². The monoisotopic (exact) mass is 331 g/mol. The summed E-state index contributed by atoms with van der Waals surface area (Å²) >= 11 is 0. The molecule has 0 bridgehead atoms. The van der Waals surface area contributed by atoms with E-state index >= 15 is 0 Å². The molecule has 24 heavy (non-hydrogen) atoms. The van der Waals surface area contributed by atoms with Crippen molar-refractivity contribution in [2.45, 2.75) is 38.8 Å². The Morgan fingerprint density at radius 3 is 2.88 bits per heavy atom. The average molecular weight is 331 g/mol. The first-order valence-corrected chi connectivity index (χ1v) is 8.59. The normalized spacial score (nSPS) is 18.7. The summed E-state index contributed by atoms with van der Waals surface area (Å²) in [5.41, 5.74) is 0.925. The third kappa shape index (κ3) is 4.33. The van der Waals surface area contributed by atoms with Crippen molar-refractivity contribution in [1.29, 1.82) is 0 Å². The number of hydrogen-bond acceptors (Lipinski definition) is 6. The maximum absolute atomic E-state index is 5.88. The van der Waals surface area contributed by atoms with Crippen molar-refractivity contribution in [2.24, 2.45) is 0 Å². The van der Waals surface area contributed by atoms with E-state index in [9.17, 15) is 0 Å². The molecule has 1 unspecified atom stereocenters. The highest BCUT2D eigenvalue weighted by molar-refractivity contribution is 5.55. The average Bonchev–Trinajstić information content (AvgIpc) is 3.09. The van der Waals surface area contributed by atoms with Crippen LogP contribution in [-0.2, 0) is 11.3 Å². The molecule has 0 amide bonds. The smallest absolute Gasteiger partial charge is 0.241 e. The number of aromatic nitrogens is 2. The van der Waals surface area contributed by atoms with Crippen LogP contribution < -0.4 is 4.74 Å². The second-order valence-electron chi connectivity index (χ2n) is 6.11. The molecule has 1 aliphatic rings. The number of rotatable bonds is 7. The van der Waals surface area contributed by atoms with E-state index < -0.39 is 0 Å². The number of ether oxygens (including phenoxy) is 2. The minimum Gasteiger partial charge on any atom is -0.497 e. The second-order valence-corrected chi connectivity index (χ2v) is 6.11. The predicted molar refractivity (Wildman–Crippen MR) is 90.8 cm³/mol. The number of methoxy groups -OCH3 is 1.